The Kier molecular flexibility index (Phi) is 7.81. The Bertz CT molecular complexity index is 1150. The number of hydrogen-bond donors (Lipinski definition) is 2. The number of hydrazine groups is 1. The first kappa shape index (κ1) is 25.0. The Balaban J connectivity index is 1.51. The number of nitro groups is 1. The van der Waals surface area contributed by atoms with Crippen LogP contribution < -0.4 is 20.2 Å². The number of carbonyl (C=O) groups excluding carboxylic acids is 4. The van der Waals surface area contributed by atoms with Crippen molar-refractivity contribution < 1.29 is 38.3 Å². The Morgan fingerprint density at radius 1 is 1.11 bits per heavy atom. The molecule has 1 saturated heterocycles. The molecular weight excluding hydrogens is 464 g/mol. The predicted octanol–water partition coefficient (Wildman–Crippen LogP) is 1.29. The van der Waals surface area contributed by atoms with Gasteiger partial charge in [-0.15, -0.1) is 0 Å². The van der Waals surface area contributed by atoms with Crippen molar-refractivity contribution >= 4 is 35.1 Å². The van der Waals surface area contributed by atoms with Crippen LogP contribution in [0.1, 0.15) is 16.8 Å². The topological polar surface area (TPSA) is 166 Å². The minimum atomic E-state index is -0.890. The number of anilines is 1. The van der Waals surface area contributed by atoms with Gasteiger partial charge in [-0.05, 0) is 24.3 Å². The zero-order valence-corrected chi connectivity index (χ0v) is 18.8. The summed E-state index contributed by atoms with van der Waals surface area (Å²) in [5, 5.41) is 14.2. The normalized spacial score (nSPS) is 14.7. The molecule has 0 aromatic heterocycles. The minimum Gasteiger partial charge on any atom is -0.497 e. The largest absolute Gasteiger partial charge is 0.497 e. The van der Waals surface area contributed by atoms with Crippen LogP contribution in [0.15, 0.2) is 42.5 Å². The Morgan fingerprint density at radius 2 is 1.83 bits per heavy atom. The fourth-order valence-corrected chi connectivity index (χ4v) is 3.25. The van der Waals surface area contributed by atoms with E-state index >= 15 is 0 Å². The third kappa shape index (κ3) is 6.22. The molecule has 0 unspecified atom stereocenters. The van der Waals surface area contributed by atoms with E-state index in [9.17, 15) is 29.3 Å². The molecular formula is C22H22N4O9. The van der Waals surface area contributed by atoms with Gasteiger partial charge in [0.25, 0.3) is 17.5 Å². The molecule has 3 amide bonds. The monoisotopic (exact) mass is 486 g/mol. The van der Waals surface area contributed by atoms with Crippen molar-refractivity contribution in [3.8, 4) is 11.5 Å². The van der Waals surface area contributed by atoms with Gasteiger partial charge in [0.15, 0.2) is 6.61 Å². The van der Waals surface area contributed by atoms with Crippen molar-refractivity contribution in [2.24, 2.45) is 5.92 Å². The maximum absolute atomic E-state index is 12.4. The van der Waals surface area contributed by atoms with Crippen LogP contribution in [0, 0.1) is 16.0 Å². The van der Waals surface area contributed by atoms with E-state index in [4.69, 9.17) is 14.2 Å². The number of carbonyl (C=O) groups is 4. The molecule has 2 aromatic carbocycles. The number of hydrogen-bond acceptors (Lipinski definition) is 9. The average Bonchev–Trinajstić information content (AvgIpc) is 3.22. The Morgan fingerprint density at radius 3 is 2.46 bits per heavy atom. The number of esters is 1. The quantitative estimate of drug-likeness (QED) is 0.301. The van der Waals surface area contributed by atoms with Gasteiger partial charge in [-0.25, -0.2) is 0 Å². The number of nitro benzene ring substituents is 1. The second-order valence-corrected chi connectivity index (χ2v) is 7.37. The summed E-state index contributed by atoms with van der Waals surface area (Å²) < 4.78 is 15.3. The molecule has 184 valence electrons. The number of ether oxygens (including phenoxy) is 3. The van der Waals surface area contributed by atoms with Crippen LogP contribution in [0.2, 0.25) is 0 Å². The van der Waals surface area contributed by atoms with E-state index in [2.05, 4.69) is 10.7 Å². The lowest BCUT2D eigenvalue weighted by atomic mass is 10.1. The van der Waals surface area contributed by atoms with Crippen LogP contribution in [0.4, 0.5) is 11.4 Å². The van der Waals surface area contributed by atoms with Gasteiger partial charge in [-0.2, -0.15) is 0 Å². The lowest BCUT2D eigenvalue weighted by Gasteiger charge is -2.17. The third-order valence-corrected chi connectivity index (χ3v) is 5.06. The first-order valence-corrected chi connectivity index (χ1v) is 10.3. The van der Waals surface area contributed by atoms with Crippen molar-refractivity contribution in [1.29, 1.82) is 0 Å². The molecule has 1 aliphatic rings. The van der Waals surface area contributed by atoms with Crippen molar-refractivity contribution in [2.75, 3.05) is 32.7 Å². The summed E-state index contributed by atoms with van der Waals surface area (Å²) in [6, 6.07) is 9.60. The number of amides is 3. The number of nitrogens with zero attached hydrogens (tertiary/aromatic N) is 2. The number of benzene rings is 2. The molecule has 1 fully saturated rings. The molecule has 0 saturated carbocycles. The van der Waals surface area contributed by atoms with E-state index in [0.29, 0.717) is 17.2 Å². The fraction of sp³-hybridized carbons (Fsp3) is 0.273. The van der Waals surface area contributed by atoms with Crippen molar-refractivity contribution in [1.82, 2.24) is 10.4 Å². The summed E-state index contributed by atoms with van der Waals surface area (Å²) >= 11 is 0. The van der Waals surface area contributed by atoms with Gasteiger partial charge >= 0.3 is 5.97 Å². The summed E-state index contributed by atoms with van der Waals surface area (Å²) in [6.07, 6.45) is -0.218. The minimum absolute atomic E-state index is 0.0964. The van der Waals surface area contributed by atoms with E-state index in [1.807, 2.05) is 0 Å². The first-order chi connectivity index (χ1) is 16.7. The maximum Gasteiger partial charge on any atom is 0.311 e. The lowest BCUT2D eigenvalue weighted by molar-refractivity contribution is -0.384. The van der Waals surface area contributed by atoms with Crippen molar-refractivity contribution in [2.45, 2.75) is 6.42 Å². The third-order valence-electron chi connectivity index (χ3n) is 5.06. The summed E-state index contributed by atoms with van der Waals surface area (Å²) in [6.45, 7) is -0.749. The molecule has 1 atom stereocenters. The molecule has 0 radical (unpaired) electrons. The number of methoxy groups -OCH3 is 2. The van der Waals surface area contributed by atoms with E-state index in [0.717, 1.165) is 17.1 Å². The molecule has 1 heterocycles. The smallest absolute Gasteiger partial charge is 0.311 e. The molecule has 0 bridgehead atoms. The van der Waals surface area contributed by atoms with Crippen LogP contribution in [-0.2, 0) is 19.1 Å². The van der Waals surface area contributed by atoms with E-state index < -0.39 is 41.1 Å². The Hall–Kier alpha value is -4.68. The number of non-ortho nitro benzene ring substituents is 1. The van der Waals surface area contributed by atoms with E-state index in [-0.39, 0.29) is 24.2 Å². The highest BCUT2D eigenvalue weighted by molar-refractivity contribution is 5.97. The van der Waals surface area contributed by atoms with Gasteiger partial charge in [0, 0.05) is 30.2 Å². The highest BCUT2D eigenvalue weighted by Crippen LogP contribution is 2.28. The second-order valence-electron chi connectivity index (χ2n) is 7.37. The maximum atomic E-state index is 12.4. The van der Waals surface area contributed by atoms with Crippen LogP contribution in [-0.4, -0.2) is 61.0 Å². The Labute approximate surface area is 199 Å². The van der Waals surface area contributed by atoms with Gasteiger partial charge in [0.2, 0.25) is 5.91 Å². The predicted molar refractivity (Wildman–Crippen MR) is 120 cm³/mol. The SMILES string of the molecule is COc1ccc(OC)c(NC(=O)COC(=O)[C@@H]2CC(=O)N(NC(=O)c3ccc([N+](=O)[O-])cc3)C2)c1. The second kappa shape index (κ2) is 11.0. The molecule has 13 heteroatoms. The van der Waals surface area contributed by atoms with Crippen LogP contribution in [0.3, 0.4) is 0 Å². The van der Waals surface area contributed by atoms with Crippen molar-refractivity contribution in [3.05, 3.63) is 58.1 Å². The molecule has 2 N–H and O–H groups in total. The molecule has 0 spiro atoms. The van der Waals surface area contributed by atoms with Crippen molar-refractivity contribution in [3.63, 3.8) is 0 Å². The molecule has 35 heavy (non-hydrogen) atoms. The van der Waals surface area contributed by atoms with Gasteiger partial charge in [0.1, 0.15) is 11.5 Å². The number of nitrogens with one attached hydrogen (secondary N) is 2. The zero-order valence-electron chi connectivity index (χ0n) is 18.8. The lowest BCUT2D eigenvalue weighted by Crippen LogP contribution is -2.43. The highest BCUT2D eigenvalue weighted by atomic mass is 16.6. The molecule has 13 nitrogen and oxygen atoms in total. The molecule has 2 aromatic rings. The summed E-state index contributed by atoms with van der Waals surface area (Å²) in [7, 11) is 2.90. The van der Waals surface area contributed by atoms with Gasteiger partial charge in [-0.3, -0.25) is 39.7 Å². The standard InChI is InChI=1S/C22H22N4O9/c1-33-16-7-8-18(34-2)17(10-16)23-19(27)12-35-22(30)14-9-20(28)25(11-14)24-21(29)13-3-5-15(6-4-13)26(31)32/h3-8,10,14H,9,11-12H2,1-2H3,(H,23,27)(H,24,29)/t14-/m1/s1. The summed E-state index contributed by atoms with van der Waals surface area (Å²) in [4.78, 5) is 59.3. The molecule has 1 aliphatic heterocycles. The molecule has 0 aliphatic carbocycles. The molecule has 3 rings (SSSR count). The van der Waals surface area contributed by atoms with Crippen LogP contribution >= 0.6 is 0 Å². The van der Waals surface area contributed by atoms with E-state index in [1.165, 1.54) is 26.4 Å². The van der Waals surface area contributed by atoms with Gasteiger partial charge in [0.05, 0.1) is 37.3 Å². The zero-order chi connectivity index (χ0) is 25.5. The first-order valence-electron chi connectivity index (χ1n) is 10.3. The number of rotatable bonds is 9. The van der Waals surface area contributed by atoms with Crippen LogP contribution in [0.25, 0.3) is 0 Å². The highest BCUT2D eigenvalue weighted by Gasteiger charge is 2.36. The van der Waals surface area contributed by atoms with E-state index in [1.54, 1.807) is 18.2 Å². The average molecular weight is 486 g/mol. The fourth-order valence-electron chi connectivity index (χ4n) is 3.25. The summed E-state index contributed by atoms with van der Waals surface area (Å²) in [5.41, 5.74) is 2.60. The van der Waals surface area contributed by atoms with Crippen LogP contribution in [0.5, 0.6) is 11.5 Å². The summed E-state index contributed by atoms with van der Waals surface area (Å²) in [5.74, 6) is -2.62. The van der Waals surface area contributed by atoms with Gasteiger partial charge in [-0.1, -0.05) is 0 Å². The van der Waals surface area contributed by atoms with Gasteiger partial charge < -0.3 is 19.5 Å².